The van der Waals surface area contributed by atoms with Crippen LogP contribution >= 0.6 is 0 Å². The lowest BCUT2D eigenvalue weighted by molar-refractivity contribution is 0.665. The second kappa shape index (κ2) is 5.49. The highest BCUT2D eigenvalue weighted by Gasteiger charge is 2.05. The summed E-state index contributed by atoms with van der Waals surface area (Å²) in [5.41, 5.74) is 7.90. The minimum absolute atomic E-state index is 0.525. The fourth-order valence-corrected chi connectivity index (χ4v) is 1.31. The summed E-state index contributed by atoms with van der Waals surface area (Å²) in [5.74, 6) is 1.08. The van der Waals surface area contributed by atoms with Gasteiger partial charge in [0.1, 0.15) is 11.5 Å². The first-order valence-corrected chi connectivity index (χ1v) is 5.39. The van der Waals surface area contributed by atoms with Gasteiger partial charge in [0.2, 0.25) is 0 Å². The fraction of sp³-hybridized carbons (Fsp3) is 0.500. The number of hydrogen-bond donors (Lipinski definition) is 1. The summed E-state index contributed by atoms with van der Waals surface area (Å²) in [6.45, 7) is 7.09. The highest BCUT2D eigenvalue weighted by atomic mass is 14.9. The van der Waals surface area contributed by atoms with Gasteiger partial charge in [0.15, 0.2) is 0 Å². The van der Waals surface area contributed by atoms with E-state index < -0.39 is 0 Å². The lowest BCUT2D eigenvalue weighted by atomic mass is 10.1. The van der Waals surface area contributed by atoms with Gasteiger partial charge in [0, 0.05) is 12.7 Å². The number of aryl methyl sites for hydroxylation is 1. The van der Waals surface area contributed by atoms with Crippen LogP contribution in [0, 0.1) is 5.92 Å². The van der Waals surface area contributed by atoms with Gasteiger partial charge < -0.3 is 5.73 Å². The Labute approximate surface area is 91.4 Å². The number of rotatable bonds is 4. The quantitative estimate of drug-likeness (QED) is 0.604. The van der Waals surface area contributed by atoms with Crippen molar-refractivity contribution in [3.63, 3.8) is 0 Å². The highest BCUT2D eigenvalue weighted by Crippen LogP contribution is 2.06. The molecule has 3 heteroatoms. The number of aromatic nitrogens is 1. The number of amidine groups is 1. The maximum atomic E-state index is 5.91. The molecule has 1 aromatic heterocycles. The van der Waals surface area contributed by atoms with Gasteiger partial charge >= 0.3 is 0 Å². The second-order valence-corrected chi connectivity index (χ2v) is 3.98. The van der Waals surface area contributed by atoms with Crippen LogP contribution in [0.15, 0.2) is 23.3 Å². The van der Waals surface area contributed by atoms with Crippen LogP contribution in [-0.4, -0.2) is 17.4 Å². The Bertz CT molecular complexity index is 342. The molecule has 0 fully saturated rings. The van der Waals surface area contributed by atoms with Gasteiger partial charge in [0.05, 0.1) is 0 Å². The largest absolute Gasteiger partial charge is 0.382 e. The molecule has 0 saturated carbocycles. The van der Waals surface area contributed by atoms with Gasteiger partial charge in [-0.3, -0.25) is 9.98 Å². The second-order valence-electron chi connectivity index (χ2n) is 3.98. The molecule has 2 N–H and O–H groups in total. The lowest BCUT2D eigenvalue weighted by Crippen LogP contribution is -2.18. The van der Waals surface area contributed by atoms with Crippen molar-refractivity contribution in [2.45, 2.75) is 27.2 Å². The maximum Gasteiger partial charge on any atom is 0.144 e. The molecule has 0 aliphatic rings. The summed E-state index contributed by atoms with van der Waals surface area (Å²) in [6.07, 6.45) is 2.69. The zero-order valence-corrected chi connectivity index (χ0v) is 9.70. The topological polar surface area (TPSA) is 51.3 Å². The Balaban J connectivity index is 2.89. The molecular weight excluding hydrogens is 186 g/mol. The van der Waals surface area contributed by atoms with Crippen LogP contribution in [-0.2, 0) is 6.42 Å². The molecular formula is C12H19N3. The Kier molecular flexibility index (Phi) is 4.28. The number of hydrogen-bond acceptors (Lipinski definition) is 2. The van der Waals surface area contributed by atoms with Gasteiger partial charge in [-0.1, -0.05) is 26.8 Å². The third-order valence-corrected chi connectivity index (χ3v) is 2.14. The molecule has 1 heterocycles. The third kappa shape index (κ3) is 3.35. The summed E-state index contributed by atoms with van der Waals surface area (Å²) in [5, 5.41) is 0. The number of nitrogens with zero attached hydrogens (tertiary/aromatic N) is 2. The van der Waals surface area contributed by atoms with Crippen LogP contribution in [0.5, 0.6) is 0 Å². The molecule has 1 aromatic rings. The zero-order chi connectivity index (χ0) is 11.3. The molecule has 15 heavy (non-hydrogen) atoms. The molecule has 3 nitrogen and oxygen atoms in total. The minimum Gasteiger partial charge on any atom is -0.382 e. The molecule has 0 saturated heterocycles. The molecule has 0 aliphatic heterocycles. The van der Waals surface area contributed by atoms with E-state index in [4.69, 9.17) is 5.73 Å². The van der Waals surface area contributed by atoms with Crippen molar-refractivity contribution in [3.05, 3.63) is 29.6 Å². The van der Waals surface area contributed by atoms with E-state index >= 15 is 0 Å². The van der Waals surface area contributed by atoms with Gasteiger partial charge in [-0.2, -0.15) is 0 Å². The van der Waals surface area contributed by atoms with E-state index in [0.717, 1.165) is 24.2 Å². The molecule has 0 unspecified atom stereocenters. The van der Waals surface area contributed by atoms with Gasteiger partial charge in [-0.05, 0) is 24.0 Å². The van der Waals surface area contributed by atoms with Crippen LogP contribution in [0.25, 0.3) is 0 Å². The van der Waals surface area contributed by atoms with E-state index in [0.29, 0.717) is 11.8 Å². The van der Waals surface area contributed by atoms with E-state index in [-0.39, 0.29) is 0 Å². The van der Waals surface area contributed by atoms with E-state index in [1.807, 2.05) is 12.1 Å². The Morgan fingerprint density at radius 1 is 1.53 bits per heavy atom. The van der Waals surface area contributed by atoms with Crippen molar-refractivity contribution in [1.29, 1.82) is 0 Å². The fourth-order valence-electron chi connectivity index (χ4n) is 1.31. The van der Waals surface area contributed by atoms with Crippen molar-refractivity contribution in [2.24, 2.45) is 16.6 Å². The predicted molar refractivity (Wildman–Crippen MR) is 64.0 cm³/mol. The van der Waals surface area contributed by atoms with Gasteiger partial charge in [-0.15, -0.1) is 0 Å². The molecule has 0 atom stereocenters. The standard InChI is InChI=1S/C12H19N3/c1-4-10-6-5-7-14-11(10)12(13)15-8-9(2)3/h5-7,9H,4,8H2,1-3H3,(H2,13,15). The molecule has 1 rings (SSSR count). The molecule has 0 amide bonds. The van der Waals surface area contributed by atoms with Crippen LogP contribution in [0.2, 0.25) is 0 Å². The normalized spacial score (nSPS) is 12.1. The van der Waals surface area contributed by atoms with Gasteiger partial charge in [0.25, 0.3) is 0 Å². The Morgan fingerprint density at radius 3 is 2.87 bits per heavy atom. The smallest absolute Gasteiger partial charge is 0.144 e. The average molecular weight is 205 g/mol. The monoisotopic (exact) mass is 205 g/mol. The molecule has 0 aliphatic carbocycles. The van der Waals surface area contributed by atoms with E-state index in [1.54, 1.807) is 6.20 Å². The Hall–Kier alpha value is -1.38. The molecule has 82 valence electrons. The average Bonchev–Trinajstić information content (AvgIpc) is 2.25. The van der Waals surface area contributed by atoms with Crippen molar-refractivity contribution in [2.75, 3.05) is 6.54 Å². The summed E-state index contributed by atoms with van der Waals surface area (Å²) in [7, 11) is 0. The zero-order valence-electron chi connectivity index (χ0n) is 9.70. The first-order valence-electron chi connectivity index (χ1n) is 5.39. The van der Waals surface area contributed by atoms with Crippen LogP contribution < -0.4 is 5.73 Å². The predicted octanol–water partition coefficient (Wildman–Crippen LogP) is 2.01. The molecule has 0 aromatic carbocycles. The van der Waals surface area contributed by atoms with Crippen molar-refractivity contribution in [3.8, 4) is 0 Å². The van der Waals surface area contributed by atoms with Gasteiger partial charge in [-0.25, -0.2) is 0 Å². The van der Waals surface area contributed by atoms with Crippen molar-refractivity contribution < 1.29 is 0 Å². The van der Waals surface area contributed by atoms with Crippen LogP contribution in [0.3, 0.4) is 0 Å². The summed E-state index contributed by atoms with van der Waals surface area (Å²) in [4.78, 5) is 8.61. The van der Waals surface area contributed by atoms with Crippen LogP contribution in [0.4, 0.5) is 0 Å². The molecule has 0 bridgehead atoms. The first kappa shape index (κ1) is 11.7. The summed E-state index contributed by atoms with van der Waals surface area (Å²) >= 11 is 0. The number of pyridine rings is 1. The SMILES string of the molecule is CCc1cccnc1C(N)=NCC(C)C. The minimum atomic E-state index is 0.525. The van der Waals surface area contributed by atoms with Crippen molar-refractivity contribution >= 4 is 5.84 Å². The Morgan fingerprint density at radius 2 is 2.27 bits per heavy atom. The van der Waals surface area contributed by atoms with Crippen LogP contribution in [0.1, 0.15) is 32.0 Å². The highest BCUT2D eigenvalue weighted by molar-refractivity contribution is 5.96. The van der Waals surface area contributed by atoms with E-state index in [1.165, 1.54) is 0 Å². The lowest BCUT2D eigenvalue weighted by Gasteiger charge is -2.06. The first-order chi connectivity index (χ1) is 7.15. The number of nitrogens with two attached hydrogens (primary N) is 1. The van der Waals surface area contributed by atoms with E-state index in [9.17, 15) is 0 Å². The third-order valence-electron chi connectivity index (χ3n) is 2.14. The number of aliphatic imine (C=N–C) groups is 1. The molecule has 0 spiro atoms. The summed E-state index contributed by atoms with van der Waals surface area (Å²) in [6, 6.07) is 3.97. The van der Waals surface area contributed by atoms with Crippen molar-refractivity contribution in [1.82, 2.24) is 4.98 Å². The summed E-state index contributed by atoms with van der Waals surface area (Å²) < 4.78 is 0. The van der Waals surface area contributed by atoms with E-state index in [2.05, 4.69) is 30.7 Å². The molecule has 0 radical (unpaired) electrons. The maximum absolute atomic E-state index is 5.91.